The molecule has 2 aromatic carbocycles. The van der Waals surface area contributed by atoms with Crippen molar-refractivity contribution in [1.29, 1.82) is 0 Å². The van der Waals surface area contributed by atoms with E-state index >= 15 is 0 Å². The Kier molecular flexibility index (Phi) is 7.01. The fourth-order valence-electron chi connectivity index (χ4n) is 4.32. The van der Waals surface area contributed by atoms with Crippen LogP contribution in [-0.4, -0.2) is 47.5 Å². The number of phenols is 1. The van der Waals surface area contributed by atoms with Gasteiger partial charge in [-0.3, -0.25) is 0 Å². The van der Waals surface area contributed by atoms with E-state index in [4.69, 9.17) is 0 Å². The van der Waals surface area contributed by atoms with Crippen molar-refractivity contribution in [3.05, 3.63) is 58.7 Å². The summed E-state index contributed by atoms with van der Waals surface area (Å²) in [7, 11) is -3.44. The first kappa shape index (κ1) is 22.5. The lowest BCUT2D eigenvalue weighted by atomic mass is 9.93. The zero-order chi connectivity index (χ0) is 21.9. The first-order valence-corrected chi connectivity index (χ1v) is 12.1. The minimum atomic E-state index is -3.44. The topological polar surface area (TPSA) is 94.8 Å². The zero-order valence-corrected chi connectivity index (χ0v) is 18.3. The minimum Gasteiger partial charge on any atom is -0.507 e. The molecule has 0 bridgehead atoms. The second-order valence-corrected chi connectivity index (χ2v) is 10.2. The maximum absolute atomic E-state index is 12.4. The van der Waals surface area contributed by atoms with Gasteiger partial charge in [-0.15, -0.1) is 0 Å². The minimum absolute atomic E-state index is 0.0627. The smallest absolute Gasteiger partial charge is 0.163 e. The third-order valence-corrected chi connectivity index (χ3v) is 7.81. The lowest BCUT2D eigenvalue weighted by molar-refractivity contribution is 0.188. The van der Waals surface area contributed by atoms with Crippen LogP contribution in [-0.2, 0) is 9.84 Å². The Labute approximate surface area is 178 Å². The molecular weight excluding hydrogens is 400 g/mol. The molecule has 0 saturated carbocycles. The molecule has 3 rings (SSSR count). The second-order valence-electron chi connectivity index (χ2n) is 8.05. The predicted molar refractivity (Wildman–Crippen MR) is 121 cm³/mol. The van der Waals surface area contributed by atoms with Crippen LogP contribution in [0.15, 0.2) is 53.1 Å². The summed E-state index contributed by atoms with van der Waals surface area (Å²) in [5.41, 5.74) is 3.29. The lowest BCUT2D eigenvalue weighted by Gasteiger charge is -2.19. The molecule has 5 nitrogen and oxygen atoms in total. The van der Waals surface area contributed by atoms with Gasteiger partial charge in [-0.1, -0.05) is 60.9 Å². The standard InChI is InChI=1S/C24H30O5S/c1-3-6-18-15-30(28,29)23(14-25)24(18)22(27)11-9-16(2)13-17-10-12-21(26)20-8-5-4-7-19(17)20/h4-5,7-8,10,12-13,22-23,25-27H,3,6,9,11,14-15H2,1-2H3/b16-13+/t22-,23+/m1/s1. The van der Waals surface area contributed by atoms with Gasteiger partial charge in [0.25, 0.3) is 0 Å². The first-order valence-electron chi connectivity index (χ1n) is 10.4. The van der Waals surface area contributed by atoms with Gasteiger partial charge < -0.3 is 15.3 Å². The Morgan fingerprint density at radius 2 is 1.90 bits per heavy atom. The Morgan fingerprint density at radius 3 is 2.57 bits per heavy atom. The van der Waals surface area contributed by atoms with Crippen LogP contribution >= 0.6 is 0 Å². The number of rotatable bonds is 8. The Bertz CT molecular complexity index is 1080. The van der Waals surface area contributed by atoms with E-state index in [1.165, 1.54) is 0 Å². The molecule has 0 unspecified atom stereocenters. The molecule has 0 aromatic heterocycles. The van der Waals surface area contributed by atoms with Gasteiger partial charge in [0.2, 0.25) is 0 Å². The second kappa shape index (κ2) is 9.33. The van der Waals surface area contributed by atoms with Gasteiger partial charge in [0.15, 0.2) is 9.84 Å². The molecule has 0 fully saturated rings. The molecule has 3 N–H and O–H groups in total. The largest absolute Gasteiger partial charge is 0.507 e. The summed E-state index contributed by atoms with van der Waals surface area (Å²) in [4.78, 5) is 0. The van der Waals surface area contributed by atoms with Crippen LogP contribution in [0.1, 0.15) is 45.1 Å². The van der Waals surface area contributed by atoms with Gasteiger partial charge in [-0.25, -0.2) is 8.42 Å². The van der Waals surface area contributed by atoms with E-state index in [-0.39, 0.29) is 11.5 Å². The summed E-state index contributed by atoms with van der Waals surface area (Å²) in [6.45, 7) is 3.46. The van der Waals surface area contributed by atoms with Crippen LogP contribution in [0, 0.1) is 0 Å². The van der Waals surface area contributed by atoms with Crippen molar-refractivity contribution in [1.82, 2.24) is 0 Å². The molecule has 6 heteroatoms. The van der Waals surface area contributed by atoms with E-state index < -0.39 is 27.8 Å². The van der Waals surface area contributed by atoms with Crippen LogP contribution < -0.4 is 0 Å². The average Bonchev–Trinajstić information content (AvgIpc) is 2.98. The highest BCUT2D eigenvalue weighted by Gasteiger charge is 2.40. The van der Waals surface area contributed by atoms with E-state index in [0.717, 1.165) is 33.9 Å². The molecule has 0 spiro atoms. The highest BCUT2D eigenvalue weighted by Crippen LogP contribution is 2.34. The lowest BCUT2D eigenvalue weighted by Crippen LogP contribution is -2.29. The quantitative estimate of drug-likeness (QED) is 0.551. The number of aromatic hydroxyl groups is 1. The van der Waals surface area contributed by atoms with Gasteiger partial charge in [0.1, 0.15) is 11.0 Å². The number of aliphatic hydroxyl groups excluding tert-OH is 2. The fraction of sp³-hybridized carbons (Fsp3) is 0.417. The molecule has 0 aliphatic carbocycles. The number of benzene rings is 2. The highest BCUT2D eigenvalue weighted by atomic mass is 32.2. The summed E-state index contributed by atoms with van der Waals surface area (Å²) in [6, 6.07) is 11.2. The Balaban J connectivity index is 1.79. The molecular formula is C24H30O5S. The van der Waals surface area contributed by atoms with Crippen molar-refractivity contribution in [2.75, 3.05) is 12.4 Å². The molecule has 2 aromatic rings. The van der Waals surface area contributed by atoms with E-state index in [9.17, 15) is 23.7 Å². The molecule has 1 aliphatic heterocycles. The number of phenolic OH excluding ortho intramolecular Hbond substituents is 1. The summed E-state index contributed by atoms with van der Waals surface area (Å²) in [5.74, 6) is 0.177. The monoisotopic (exact) mass is 430 g/mol. The van der Waals surface area contributed by atoms with Crippen LogP contribution in [0.2, 0.25) is 0 Å². The number of sulfone groups is 1. The van der Waals surface area contributed by atoms with Gasteiger partial charge in [-0.05, 0) is 48.8 Å². The van der Waals surface area contributed by atoms with Crippen LogP contribution in [0.5, 0.6) is 5.75 Å². The Hall–Kier alpha value is -2.15. The van der Waals surface area contributed by atoms with Gasteiger partial charge in [-0.2, -0.15) is 0 Å². The molecule has 1 aliphatic rings. The van der Waals surface area contributed by atoms with Crippen molar-refractivity contribution in [2.45, 2.75) is 50.9 Å². The average molecular weight is 431 g/mol. The Morgan fingerprint density at radius 1 is 1.20 bits per heavy atom. The van der Waals surface area contributed by atoms with E-state index in [1.54, 1.807) is 6.07 Å². The highest BCUT2D eigenvalue weighted by molar-refractivity contribution is 7.92. The molecule has 0 amide bonds. The number of aliphatic hydroxyl groups is 2. The van der Waals surface area contributed by atoms with Crippen molar-refractivity contribution in [3.63, 3.8) is 0 Å². The van der Waals surface area contributed by atoms with Crippen molar-refractivity contribution >= 4 is 26.7 Å². The van der Waals surface area contributed by atoms with Crippen LogP contribution in [0.25, 0.3) is 16.8 Å². The summed E-state index contributed by atoms with van der Waals surface area (Å²) >= 11 is 0. The van der Waals surface area contributed by atoms with E-state index in [0.29, 0.717) is 24.8 Å². The molecule has 0 radical (unpaired) electrons. The molecule has 1 heterocycles. The maximum Gasteiger partial charge on any atom is 0.163 e. The number of hydrogen-bond acceptors (Lipinski definition) is 5. The predicted octanol–water partition coefficient (Wildman–Crippen LogP) is 3.98. The third-order valence-electron chi connectivity index (χ3n) is 5.79. The molecule has 2 atom stereocenters. The van der Waals surface area contributed by atoms with Crippen LogP contribution in [0.4, 0.5) is 0 Å². The van der Waals surface area contributed by atoms with E-state index in [2.05, 4.69) is 0 Å². The van der Waals surface area contributed by atoms with E-state index in [1.807, 2.05) is 50.3 Å². The summed E-state index contributed by atoms with van der Waals surface area (Å²) in [5, 5.41) is 31.3. The molecule has 30 heavy (non-hydrogen) atoms. The van der Waals surface area contributed by atoms with Crippen molar-refractivity contribution < 1.29 is 23.7 Å². The first-order chi connectivity index (χ1) is 14.3. The normalized spacial score (nSPS) is 20.1. The zero-order valence-electron chi connectivity index (χ0n) is 17.5. The van der Waals surface area contributed by atoms with Gasteiger partial charge in [0.05, 0.1) is 18.5 Å². The summed E-state index contributed by atoms with van der Waals surface area (Å²) in [6.07, 6.45) is 3.55. The van der Waals surface area contributed by atoms with Crippen LogP contribution in [0.3, 0.4) is 0 Å². The van der Waals surface area contributed by atoms with Gasteiger partial charge >= 0.3 is 0 Å². The fourth-order valence-corrected chi connectivity index (χ4v) is 6.25. The van der Waals surface area contributed by atoms with Crippen molar-refractivity contribution in [2.24, 2.45) is 0 Å². The molecule has 162 valence electrons. The molecule has 0 saturated heterocycles. The number of allylic oxidation sites excluding steroid dienone is 1. The van der Waals surface area contributed by atoms with Crippen molar-refractivity contribution in [3.8, 4) is 5.75 Å². The van der Waals surface area contributed by atoms with Gasteiger partial charge in [0, 0.05) is 5.39 Å². The number of hydrogen-bond donors (Lipinski definition) is 3. The number of fused-ring (bicyclic) bond motifs is 1. The summed E-state index contributed by atoms with van der Waals surface area (Å²) < 4.78 is 24.8. The maximum atomic E-state index is 12.4. The SMILES string of the molecule is CCCC1=C([C@H](O)CC/C(C)=C/c2ccc(O)c3ccccc23)[C@H](CO)S(=O)(=O)C1. The third kappa shape index (κ3) is 4.61.